The number of esters is 1. The van der Waals surface area contributed by atoms with Crippen molar-refractivity contribution in [1.82, 2.24) is 5.32 Å². The Labute approximate surface area is 196 Å². The minimum atomic E-state index is -0.770. The monoisotopic (exact) mass is 458 g/mol. The van der Waals surface area contributed by atoms with E-state index in [9.17, 15) is 19.2 Å². The van der Waals surface area contributed by atoms with Crippen LogP contribution in [0, 0.1) is 6.92 Å². The lowest BCUT2D eigenvalue weighted by molar-refractivity contribution is -0.124. The molecule has 1 N–H and O–H groups in total. The molecule has 0 saturated carbocycles. The molecular formula is C26H22N2O6. The first-order valence-corrected chi connectivity index (χ1v) is 10.5. The lowest BCUT2D eigenvalue weighted by Gasteiger charge is -2.16. The SMILES string of the molecule is COc1cccc(CNC(=O)COC(=O)c2ccc3c(c2)C(=O)N(c2ccccc2C)C3=O)c1. The van der Waals surface area contributed by atoms with Crippen molar-refractivity contribution in [3.8, 4) is 5.75 Å². The molecule has 4 rings (SSSR count). The highest BCUT2D eigenvalue weighted by atomic mass is 16.5. The molecule has 0 aromatic heterocycles. The molecule has 0 spiro atoms. The minimum absolute atomic E-state index is 0.0760. The number of carbonyl (C=O) groups is 4. The second-order valence-corrected chi connectivity index (χ2v) is 7.70. The molecule has 172 valence electrons. The van der Waals surface area contributed by atoms with E-state index in [4.69, 9.17) is 9.47 Å². The van der Waals surface area contributed by atoms with Gasteiger partial charge in [0.25, 0.3) is 17.7 Å². The molecule has 8 nitrogen and oxygen atoms in total. The second-order valence-electron chi connectivity index (χ2n) is 7.70. The highest BCUT2D eigenvalue weighted by Crippen LogP contribution is 2.31. The lowest BCUT2D eigenvalue weighted by atomic mass is 10.1. The van der Waals surface area contributed by atoms with Gasteiger partial charge in [0, 0.05) is 6.54 Å². The first-order chi connectivity index (χ1) is 16.4. The number of nitrogens with zero attached hydrogens (tertiary/aromatic N) is 1. The Morgan fingerprint density at radius 1 is 0.912 bits per heavy atom. The zero-order valence-corrected chi connectivity index (χ0v) is 18.7. The first-order valence-electron chi connectivity index (χ1n) is 10.5. The third-order valence-corrected chi connectivity index (χ3v) is 5.44. The van der Waals surface area contributed by atoms with Crippen molar-refractivity contribution in [3.05, 3.63) is 94.5 Å². The van der Waals surface area contributed by atoms with Crippen molar-refractivity contribution >= 4 is 29.4 Å². The van der Waals surface area contributed by atoms with Crippen LogP contribution in [0.2, 0.25) is 0 Å². The van der Waals surface area contributed by atoms with Crippen molar-refractivity contribution in [2.24, 2.45) is 0 Å². The van der Waals surface area contributed by atoms with Crippen LogP contribution in [-0.2, 0) is 16.1 Å². The third kappa shape index (κ3) is 4.52. The van der Waals surface area contributed by atoms with Crippen molar-refractivity contribution in [2.75, 3.05) is 18.6 Å². The number of fused-ring (bicyclic) bond motifs is 1. The number of anilines is 1. The number of rotatable bonds is 7. The van der Waals surface area contributed by atoms with Crippen LogP contribution in [0.1, 0.15) is 42.2 Å². The summed E-state index contributed by atoms with van der Waals surface area (Å²) in [5, 5.41) is 2.66. The molecule has 0 fully saturated rings. The van der Waals surface area contributed by atoms with Crippen LogP contribution in [0.15, 0.2) is 66.7 Å². The summed E-state index contributed by atoms with van der Waals surface area (Å²) < 4.78 is 10.2. The fourth-order valence-electron chi connectivity index (χ4n) is 3.65. The molecule has 8 heteroatoms. The minimum Gasteiger partial charge on any atom is -0.497 e. The molecule has 3 aromatic rings. The number of ether oxygens (including phenoxy) is 2. The zero-order valence-electron chi connectivity index (χ0n) is 18.7. The van der Waals surface area contributed by atoms with Crippen LogP contribution in [0.5, 0.6) is 5.75 Å². The van der Waals surface area contributed by atoms with Crippen molar-refractivity contribution in [1.29, 1.82) is 0 Å². The summed E-state index contributed by atoms with van der Waals surface area (Å²) >= 11 is 0. The van der Waals surface area contributed by atoms with Gasteiger partial charge in [0.2, 0.25) is 0 Å². The highest BCUT2D eigenvalue weighted by Gasteiger charge is 2.37. The summed E-state index contributed by atoms with van der Waals surface area (Å²) in [5.74, 6) is -1.54. The van der Waals surface area contributed by atoms with Crippen LogP contribution in [0.4, 0.5) is 5.69 Å². The first kappa shape index (κ1) is 22.7. The van der Waals surface area contributed by atoms with Gasteiger partial charge in [-0.25, -0.2) is 9.69 Å². The Morgan fingerprint density at radius 3 is 2.44 bits per heavy atom. The molecule has 1 aliphatic rings. The van der Waals surface area contributed by atoms with E-state index in [1.165, 1.54) is 18.2 Å². The van der Waals surface area contributed by atoms with Gasteiger partial charge in [-0.15, -0.1) is 0 Å². The van der Waals surface area contributed by atoms with Gasteiger partial charge >= 0.3 is 5.97 Å². The Hall–Kier alpha value is -4.46. The van der Waals surface area contributed by atoms with Gasteiger partial charge in [-0.05, 0) is 54.4 Å². The van der Waals surface area contributed by atoms with Crippen LogP contribution in [-0.4, -0.2) is 37.4 Å². The van der Waals surface area contributed by atoms with Gasteiger partial charge in [-0.3, -0.25) is 14.4 Å². The number of methoxy groups -OCH3 is 1. The molecule has 0 atom stereocenters. The largest absolute Gasteiger partial charge is 0.497 e. The number of hydrogen-bond acceptors (Lipinski definition) is 6. The fourth-order valence-corrected chi connectivity index (χ4v) is 3.65. The average molecular weight is 458 g/mol. The third-order valence-electron chi connectivity index (χ3n) is 5.44. The molecule has 0 radical (unpaired) electrons. The number of nitrogens with one attached hydrogen (secondary N) is 1. The van der Waals surface area contributed by atoms with E-state index in [1.54, 1.807) is 50.4 Å². The highest BCUT2D eigenvalue weighted by molar-refractivity contribution is 6.34. The van der Waals surface area contributed by atoms with Gasteiger partial charge in [0.05, 0.1) is 29.5 Å². The maximum atomic E-state index is 12.9. The number of aryl methyl sites for hydroxylation is 1. The zero-order chi connectivity index (χ0) is 24.2. The molecule has 3 aromatic carbocycles. The Bertz CT molecular complexity index is 1300. The fraction of sp³-hybridized carbons (Fsp3) is 0.154. The lowest BCUT2D eigenvalue weighted by Crippen LogP contribution is -2.30. The van der Waals surface area contributed by atoms with Crippen LogP contribution in [0.25, 0.3) is 0 Å². The number of hydrogen-bond donors (Lipinski definition) is 1. The van der Waals surface area contributed by atoms with E-state index in [2.05, 4.69) is 5.32 Å². The van der Waals surface area contributed by atoms with E-state index < -0.39 is 30.3 Å². The average Bonchev–Trinajstić information content (AvgIpc) is 3.10. The Kier molecular flexibility index (Phi) is 6.40. The van der Waals surface area contributed by atoms with Gasteiger partial charge in [-0.1, -0.05) is 30.3 Å². The molecule has 0 aliphatic carbocycles. The van der Waals surface area contributed by atoms with E-state index in [0.717, 1.165) is 16.0 Å². The predicted octanol–water partition coefficient (Wildman–Crippen LogP) is 3.28. The molecule has 0 saturated heterocycles. The summed E-state index contributed by atoms with van der Waals surface area (Å²) in [6.45, 7) is 1.57. The van der Waals surface area contributed by atoms with Crippen LogP contribution < -0.4 is 15.0 Å². The number of imide groups is 1. The maximum Gasteiger partial charge on any atom is 0.338 e. The van der Waals surface area contributed by atoms with Gasteiger partial charge in [-0.2, -0.15) is 0 Å². The van der Waals surface area contributed by atoms with E-state index >= 15 is 0 Å². The van der Waals surface area contributed by atoms with Crippen LogP contribution in [0.3, 0.4) is 0 Å². The van der Waals surface area contributed by atoms with Gasteiger partial charge in [0.1, 0.15) is 5.75 Å². The van der Waals surface area contributed by atoms with Crippen molar-refractivity contribution in [3.63, 3.8) is 0 Å². The number of amides is 3. The molecule has 3 amide bonds. The molecular weight excluding hydrogens is 436 g/mol. The van der Waals surface area contributed by atoms with Crippen molar-refractivity contribution in [2.45, 2.75) is 13.5 Å². The Morgan fingerprint density at radius 2 is 1.68 bits per heavy atom. The summed E-state index contributed by atoms with van der Waals surface area (Å²) in [6.07, 6.45) is 0. The maximum absolute atomic E-state index is 12.9. The summed E-state index contributed by atoms with van der Waals surface area (Å²) in [4.78, 5) is 51.4. The van der Waals surface area contributed by atoms with E-state index in [-0.39, 0.29) is 23.2 Å². The molecule has 0 unspecified atom stereocenters. The quantitative estimate of drug-likeness (QED) is 0.431. The summed E-state index contributed by atoms with van der Waals surface area (Å²) in [7, 11) is 1.56. The Balaban J connectivity index is 1.39. The molecule has 0 bridgehead atoms. The van der Waals surface area contributed by atoms with Gasteiger partial charge < -0.3 is 14.8 Å². The molecule has 34 heavy (non-hydrogen) atoms. The second kappa shape index (κ2) is 9.58. The van der Waals surface area contributed by atoms with E-state index in [0.29, 0.717) is 11.4 Å². The smallest absolute Gasteiger partial charge is 0.338 e. The topological polar surface area (TPSA) is 102 Å². The van der Waals surface area contributed by atoms with E-state index in [1.807, 2.05) is 12.1 Å². The van der Waals surface area contributed by atoms with Gasteiger partial charge in [0.15, 0.2) is 6.61 Å². The number of carbonyl (C=O) groups excluding carboxylic acids is 4. The normalized spacial score (nSPS) is 12.4. The number of para-hydroxylation sites is 1. The molecule has 1 heterocycles. The number of benzene rings is 3. The summed E-state index contributed by atoms with van der Waals surface area (Å²) in [6, 6.07) is 18.4. The molecule has 1 aliphatic heterocycles. The standard InChI is InChI=1S/C26H22N2O6/c1-16-6-3-4-9-22(16)28-24(30)20-11-10-18(13-21(20)25(28)31)26(32)34-15-23(29)27-14-17-7-5-8-19(12-17)33-2/h3-13H,14-15H2,1-2H3,(H,27,29). The van der Waals surface area contributed by atoms with Crippen molar-refractivity contribution < 1.29 is 28.7 Å². The predicted molar refractivity (Wildman–Crippen MR) is 124 cm³/mol. The summed E-state index contributed by atoms with van der Waals surface area (Å²) in [5.41, 5.74) is 2.50. The van der Waals surface area contributed by atoms with Crippen LogP contribution >= 0.6 is 0 Å².